The van der Waals surface area contributed by atoms with Crippen molar-refractivity contribution in [3.05, 3.63) is 120 Å². The minimum Gasteiger partial charge on any atom is -0.481 e. The van der Waals surface area contributed by atoms with Crippen LogP contribution in [0.2, 0.25) is 0 Å². The van der Waals surface area contributed by atoms with E-state index >= 15 is 0 Å². The molecule has 3 N–H and O–H groups in total. The second kappa shape index (κ2) is 49.3. The second-order valence-corrected chi connectivity index (χ2v) is 49.0. The highest BCUT2D eigenvalue weighted by atomic mass is 79.9. The van der Waals surface area contributed by atoms with Gasteiger partial charge in [-0.05, 0) is 120 Å². The Morgan fingerprint density at radius 2 is 0.748 bits per heavy atom. The number of nitrogens with one attached hydrogen (secondary N) is 2. The van der Waals surface area contributed by atoms with Crippen LogP contribution in [0.1, 0.15) is 127 Å². The number of halogens is 1. The summed E-state index contributed by atoms with van der Waals surface area (Å²) in [5.41, 5.74) is 13.3. The van der Waals surface area contributed by atoms with Crippen LogP contribution < -0.4 is 48.0 Å². The van der Waals surface area contributed by atoms with Crippen LogP contribution >= 0.6 is 61.3 Å². The van der Waals surface area contributed by atoms with Crippen molar-refractivity contribution < 1.29 is 86.0 Å². The number of aryl methyl sites for hydroxylation is 5. The first-order valence-corrected chi connectivity index (χ1v) is 58.4. The smallest absolute Gasteiger partial charge is 0.481 e. The molecule has 0 unspecified atom stereocenters. The minimum absolute atomic E-state index is 0. The molecule has 3 radical (unpaired) electrons. The lowest BCUT2D eigenvalue weighted by Crippen LogP contribution is -2.41. The maximum atomic E-state index is 11.9. The molecule has 0 amide bonds. The predicted octanol–water partition coefficient (Wildman–Crippen LogP) is 15.1. The Bertz CT molecular complexity index is 6800. The van der Waals surface area contributed by atoms with Gasteiger partial charge in [0, 0.05) is 163 Å². The maximum Gasteiger partial charge on any atom is 0.486 e. The van der Waals surface area contributed by atoms with Crippen LogP contribution in [0.25, 0.3) is 92.0 Å². The van der Waals surface area contributed by atoms with Crippen molar-refractivity contribution in [3.8, 4) is 68.5 Å². The first kappa shape index (κ1) is 112. The van der Waals surface area contributed by atoms with Gasteiger partial charge in [-0.1, -0.05) is 70.5 Å². The van der Waals surface area contributed by atoms with Crippen molar-refractivity contribution in [1.29, 1.82) is 0 Å². The number of hydrogen-bond acceptors (Lipinski definition) is 39. The monoisotopic (exact) mass is 2180 g/mol. The van der Waals surface area contributed by atoms with Crippen LogP contribution in [0.15, 0.2) is 72.7 Å². The molecule has 1 aliphatic carbocycles. The average molecular weight is 2180 g/mol. The SMILES string of the molecule is C1CCCCC1.C=CB1OC(C)(C)C(C)(C)O1.C=Cc1c(C)sc2c(-c3cnc(OC)c(CS(C)(=O)=O)c3)nc(N3CCOCC3)nc12.CCCc1c(C)sc2c(-c3cnc(OC)c(NS(C)(=O)=O)c3)nc(N3CCOCC3)nc12.COc1ncc(-c2nc(N3CCOCC3)nc3c(Br)c(C)sc23)cc1CS(C)(=O)=O.COc1ncc(-c2nc(N3CCOCC3)nc3c(CCO)c(C)sc23)cc1NS(C)(=O)=O.[B]. The zero-order valence-corrected chi connectivity index (χ0v) is 91.9. The third kappa shape index (κ3) is 28.4. The summed E-state index contributed by atoms with van der Waals surface area (Å²) in [4.78, 5) is 69.1. The van der Waals surface area contributed by atoms with Gasteiger partial charge in [-0.2, -0.15) is 0 Å². The molecule has 1 saturated carbocycles. The number of pyridine rings is 4. The number of sulfonamides is 2. The Hall–Kier alpha value is -9.63. The van der Waals surface area contributed by atoms with E-state index in [9.17, 15) is 38.8 Å². The number of anilines is 6. The van der Waals surface area contributed by atoms with Gasteiger partial charge in [-0.25, -0.2) is 93.5 Å². The third-order valence-corrected chi connectivity index (χ3v) is 32.7. The van der Waals surface area contributed by atoms with E-state index in [1.54, 1.807) is 100 Å². The Kier molecular flexibility index (Phi) is 38.6. The summed E-state index contributed by atoms with van der Waals surface area (Å²) in [6.07, 6.45) is 24.4. The van der Waals surface area contributed by atoms with Gasteiger partial charge in [0.25, 0.3) is 0 Å². The van der Waals surface area contributed by atoms with Crippen LogP contribution in [0.3, 0.4) is 0 Å². The van der Waals surface area contributed by atoms with Gasteiger partial charge in [-0.15, -0.1) is 51.9 Å². The van der Waals surface area contributed by atoms with E-state index in [0.717, 1.165) is 138 Å². The zero-order chi connectivity index (χ0) is 102. The van der Waals surface area contributed by atoms with Crippen molar-refractivity contribution in [2.45, 2.75) is 143 Å². The molecule has 0 aromatic carbocycles. The summed E-state index contributed by atoms with van der Waals surface area (Å²) in [5, 5.41) is 9.57. The van der Waals surface area contributed by atoms with Crippen molar-refractivity contribution in [3.63, 3.8) is 0 Å². The van der Waals surface area contributed by atoms with Gasteiger partial charge in [0.15, 0.2) is 19.7 Å². The number of hydrogen-bond donors (Lipinski definition) is 3. The summed E-state index contributed by atoms with van der Waals surface area (Å²) in [5.74, 6) is 4.78. The number of morpholine rings is 4. The quantitative estimate of drug-likeness (QED) is 0.0424. The number of methoxy groups -OCH3 is 4. The van der Waals surface area contributed by atoms with Gasteiger partial charge in [0.2, 0.25) is 67.4 Å². The average Bonchev–Trinajstić information content (AvgIpc) is 1.63. The van der Waals surface area contributed by atoms with E-state index in [2.05, 4.69) is 91.9 Å². The molecule has 0 bridgehead atoms. The van der Waals surface area contributed by atoms with Gasteiger partial charge in [0.05, 0.1) is 179 Å². The second-order valence-electron chi connectivity index (χ2n) is 35.6. The molecule has 17 heterocycles. The van der Waals surface area contributed by atoms with E-state index in [4.69, 9.17) is 87.1 Å². The number of aliphatic hydroxyl groups is 1. The zero-order valence-electron chi connectivity index (χ0n) is 83.7. The van der Waals surface area contributed by atoms with Gasteiger partial charge >= 0.3 is 7.12 Å². The fourth-order valence-corrected chi connectivity index (χ4v) is 24.2. The summed E-state index contributed by atoms with van der Waals surface area (Å²) >= 11 is 10.0. The number of ether oxygens (including phenoxy) is 8. The van der Waals surface area contributed by atoms with Crippen LogP contribution in [0.5, 0.6) is 23.5 Å². The van der Waals surface area contributed by atoms with Crippen LogP contribution in [0.4, 0.5) is 35.2 Å². The van der Waals surface area contributed by atoms with Crippen molar-refractivity contribution >= 4 is 199 Å². The van der Waals surface area contributed by atoms with Crippen LogP contribution in [0, 0.1) is 27.7 Å². The number of aliphatic hydroxyl groups excluding tert-OH is 1. The molecule has 48 heteroatoms. The van der Waals surface area contributed by atoms with E-state index < -0.39 is 39.7 Å². The van der Waals surface area contributed by atoms with E-state index in [0.29, 0.717) is 162 Å². The van der Waals surface area contributed by atoms with Crippen LogP contribution in [-0.2, 0) is 92.3 Å². The van der Waals surface area contributed by atoms with E-state index in [-0.39, 0.29) is 68.0 Å². The number of sulfone groups is 2. The topological polar surface area (TPSA) is 441 Å². The highest BCUT2D eigenvalue weighted by molar-refractivity contribution is 9.10. The Morgan fingerprint density at radius 3 is 1.06 bits per heavy atom. The fraction of sp³-hybridized carbons (Fsp3) is 0.495. The molecule has 769 valence electrons. The molecular formula is C95H124B2BrN18O19S8. The lowest BCUT2D eigenvalue weighted by molar-refractivity contribution is 0.00578. The minimum atomic E-state index is -3.54. The van der Waals surface area contributed by atoms with Gasteiger partial charge in [-0.3, -0.25) is 9.44 Å². The molecule has 5 saturated heterocycles. The molecule has 143 heavy (non-hydrogen) atoms. The highest BCUT2D eigenvalue weighted by Crippen LogP contribution is 2.46. The third-order valence-electron chi connectivity index (χ3n) is 24.1. The summed E-state index contributed by atoms with van der Waals surface area (Å²) in [6.45, 7) is 36.6. The Morgan fingerprint density at radius 1 is 0.448 bits per heavy atom. The molecule has 0 atom stereocenters. The lowest BCUT2D eigenvalue weighted by atomic mass is 9.90. The van der Waals surface area contributed by atoms with Gasteiger partial charge < -0.3 is 71.9 Å². The van der Waals surface area contributed by atoms with Crippen molar-refractivity contribution in [2.75, 3.05) is 194 Å². The molecule has 12 aromatic heterocycles. The van der Waals surface area contributed by atoms with Crippen molar-refractivity contribution in [1.82, 2.24) is 59.8 Å². The lowest BCUT2D eigenvalue weighted by Gasteiger charge is -2.32. The Balaban J connectivity index is 0.000000160. The summed E-state index contributed by atoms with van der Waals surface area (Å²) < 4.78 is 159. The standard InChI is InChI=1S/C21H27N5O4S2.C21H24N4O4S2.C20H25N5O5S2.C19H21BrN4O4S2.C8H15BO2.C6H12.B/c1-5-6-15-13(2)31-19-17(23-21(24-18(15)19)26-7-9-30-10-8-26)14-11-16(25-32(4,27)28)20(29-3)22-12-14;1-5-16-13(2)30-19-17(23-21(24-18(16)19)25-6-8-29-9-7-25)14-10-15(12-31(4,26)27)20(28-3)22-11-14;1-12-14(4-7-26)17-18(31-12)16(22-20(23-17)25-5-8-30-9-6-25)13-10-15(24-32(3,27)28)19(29-2)21-11-13;1-11-14(20)16-17(29-11)15(22-19(23-16)24-4-6-28-7-5-24)12-8-13(10-30(3,25)26)18(27-2)21-9-12;1-6-9-10-7(2,3)8(4,5)11-9;1-2-4-6-5-3-1;/h11-12,25H,5-10H2,1-4H3;5,10-11H,1,6-9,12H2,2-4H3;10-11,24,26H,4-9H2,1-3H3;8-9H,4-7,10H2,1-3H3;6H,1H2,2-5H3;1-6H2;. The largest absolute Gasteiger partial charge is 0.486 e. The number of aromatic nitrogens is 12. The number of nitrogens with zero attached hydrogens (tertiary/aromatic N) is 16. The van der Waals surface area contributed by atoms with Crippen LogP contribution in [-0.4, -0.2) is 291 Å². The molecule has 37 nitrogen and oxygen atoms in total. The molecule has 12 aromatic rings. The van der Waals surface area contributed by atoms with E-state index in [1.807, 2.05) is 54.5 Å². The molecule has 18 rings (SSSR count). The summed E-state index contributed by atoms with van der Waals surface area (Å²) in [6, 6.07) is 6.96. The van der Waals surface area contributed by atoms with Gasteiger partial charge in [0.1, 0.15) is 16.9 Å². The molecule has 0 spiro atoms. The first-order chi connectivity index (χ1) is 67.6. The molecule has 5 aliphatic heterocycles. The Labute approximate surface area is 863 Å². The molecule has 6 aliphatic rings. The maximum absolute atomic E-state index is 11.9. The fourth-order valence-electron chi connectivity index (χ4n) is 16.5. The summed E-state index contributed by atoms with van der Waals surface area (Å²) in [7, 11) is -7.98. The highest BCUT2D eigenvalue weighted by Gasteiger charge is 2.50. The normalized spacial score (nSPS) is 16.0. The predicted molar refractivity (Wildman–Crippen MR) is 576 cm³/mol. The number of thiophene rings is 4. The molecule has 6 fully saturated rings. The van der Waals surface area contributed by atoms with Crippen molar-refractivity contribution in [2.24, 2.45) is 0 Å². The number of fused-ring (bicyclic) bond motifs is 4. The first-order valence-electron chi connectivity index (χ1n) is 46.4. The number of rotatable bonds is 26. The molecular weight excluding hydrogens is 2060 g/mol. The van der Waals surface area contributed by atoms with E-state index in [1.165, 1.54) is 89.9 Å².